The Labute approximate surface area is 146 Å². The van der Waals surface area contributed by atoms with E-state index in [-0.39, 0.29) is 5.91 Å². The lowest BCUT2D eigenvalue weighted by molar-refractivity contribution is 0.102. The predicted molar refractivity (Wildman–Crippen MR) is 99.0 cm³/mol. The summed E-state index contributed by atoms with van der Waals surface area (Å²) in [6.45, 7) is 0.620. The monoisotopic (exact) mass is 333 g/mol. The van der Waals surface area contributed by atoms with E-state index in [2.05, 4.69) is 15.6 Å². The van der Waals surface area contributed by atoms with Crippen LogP contribution in [-0.4, -0.2) is 18.0 Å². The first-order chi connectivity index (χ1) is 12.3. The van der Waals surface area contributed by atoms with Gasteiger partial charge in [-0.2, -0.15) is 0 Å². The second-order valence-corrected chi connectivity index (χ2v) is 5.44. The quantitative estimate of drug-likeness (QED) is 0.717. The highest BCUT2D eigenvalue weighted by Crippen LogP contribution is 2.20. The van der Waals surface area contributed by atoms with Crippen molar-refractivity contribution in [2.24, 2.45) is 0 Å². The Morgan fingerprint density at radius 1 is 1.00 bits per heavy atom. The molecule has 5 heteroatoms. The Bertz CT molecular complexity index is 833. The summed E-state index contributed by atoms with van der Waals surface area (Å²) in [5, 5.41) is 6.21. The smallest absolute Gasteiger partial charge is 0.257 e. The number of anilines is 2. The average molecular weight is 333 g/mol. The van der Waals surface area contributed by atoms with Crippen LogP contribution >= 0.6 is 0 Å². The fraction of sp³-hybridized carbons (Fsp3) is 0.100. The minimum Gasteiger partial charge on any atom is -0.497 e. The number of amides is 1. The van der Waals surface area contributed by atoms with Crippen LogP contribution in [0, 0.1) is 0 Å². The SMILES string of the molecule is COc1ccc(NC(=O)c2ccccc2NCc2ccncc2)cc1. The number of pyridine rings is 1. The van der Waals surface area contributed by atoms with Crippen LogP contribution in [-0.2, 0) is 6.54 Å². The van der Waals surface area contributed by atoms with Crippen molar-refractivity contribution >= 4 is 17.3 Å². The number of nitrogens with one attached hydrogen (secondary N) is 2. The molecule has 0 saturated carbocycles. The van der Waals surface area contributed by atoms with Crippen LogP contribution in [0.4, 0.5) is 11.4 Å². The zero-order chi connectivity index (χ0) is 17.5. The minimum absolute atomic E-state index is 0.164. The summed E-state index contributed by atoms with van der Waals surface area (Å²) in [4.78, 5) is 16.6. The number of benzene rings is 2. The van der Waals surface area contributed by atoms with Gasteiger partial charge in [0.15, 0.2) is 0 Å². The first kappa shape index (κ1) is 16.5. The van der Waals surface area contributed by atoms with E-state index >= 15 is 0 Å². The summed E-state index contributed by atoms with van der Waals surface area (Å²) in [6.07, 6.45) is 3.50. The number of carbonyl (C=O) groups is 1. The lowest BCUT2D eigenvalue weighted by Crippen LogP contribution is -2.14. The van der Waals surface area contributed by atoms with Gasteiger partial charge in [0.05, 0.1) is 12.7 Å². The van der Waals surface area contributed by atoms with Crippen LogP contribution in [0.5, 0.6) is 5.75 Å². The Morgan fingerprint density at radius 2 is 1.72 bits per heavy atom. The highest BCUT2D eigenvalue weighted by molar-refractivity contribution is 6.08. The van der Waals surface area contributed by atoms with Gasteiger partial charge in [0, 0.05) is 30.3 Å². The molecule has 0 aliphatic heterocycles. The first-order valence-electron chi connectivity index (χ1n) is 7.93. The molecule has 0 spiro atoms. The Morgan fingerprint density at radius 3 is 2.44 bits per heavy atom. The van der Waals surface area contributed by atoms with Gasteiger partial charge < -0.3 is 15.4 Å². The third-order valence-corrected chi connectivity index (χ3v) is 3.75. The lowest BCUT2D eigenvalue weighted by Gasteiger charge is -2.12. The molecule has 3 rings (SSSR count). The van der Waals surface area contributed by atoms with Crippen LogP contribution in [0.15, 0.2) is 73.1 Å². The van der Waals surface area contributed by atoms with Crippen molar-refractivity contribution in [3.63, 3.8) is 0 Å². The summed E-state index contributed by atoms with van der Waals surface area (Å²) in [7, 11) is 1.61. The second-order valence-electron chi connectivity index (χ2n) is 5.44. The van der Waals surface area contributed by atoms with E-state index < -0.39 is 0 Å². The van der Waals surface area contributed by atoms with E-state index in [1.54, 1.807) is 25.6 Å². The van der Waals surface area contributed by atoms with Crippen molar-refractivity contribution in [3.8, 4) is 5.75 Å². The number of carbonyl (C=O) groups excluding carboxylic acids is 1. The number of rotatable bonds is 6. The van der Waals surface area contributed by atoms with Gasteiger partial charge in [0.1, 0.15) is 5.75 Å². The van der Waals surface area contributed by atoms with Gasteiger partial charge in [0.25, 0.3) is 5.91 Å². The van der Waals surface area contributed by atoms with Crippen LogP contribution in [0.25, 0.3) is 0 Å². The number of ether oxygens (including phenoxy) is 1. The normalized spacial score (nSPS) is 10.1. The summed E-state index contributed by atoms with van der Waals surface area (Å²) < 4.78 is 5.12. The van der Waals surface area contributed by atoms with Gasteiger partial charge in [-0.1, -0.05) is 12.1 Å². The van der Waals surface area contributed by atoms with E-state index in [0.29, 0.717) is 12.1 Å². The number of aromatic nitrogens is 1. The standard InChI is InChI=1S/C20H19N3O2/c1-25-17-8-6-16(7-9-17)23-20(24)18-4-2-3-5-19(18)22-14-15-10-12-21-13-11-15/h2-13,22H,14H2,1H3,(H,23,24). The Kier molecular flexibility index (Phi) is 5.26. The van der Waals surface area contributed by atoms with E-state index in [1.807, 2.05) is 54.6 Å². The maximum atomic E-state index is 12.6. The van der Waals surface area contributed by atoms with E-state index in [9.17, 15) is 4.79 Å². The summed E-state index contributed by atoms with van der Waals surface area (Å²) in [5.41, 5.74) is 3.19. The van der Waals surface area contributed by atoms with Crippen LogP contribution in [0.1, 0.15) is 15.9 Å². The summed E-state index contributed by atoms with van der Waals surface area (Å²) >= 11 is 0. The van der Waals surface area contributed by atoms with E-state index in [0.717, 1.165) is 22.7 Å². The Hall–Kier alpha value is -3.34. The van der Waals surface area contributed by atoms with Crippen LogP contribution in [0.3, 0.4) is 0 Å². The summed E-state index contributed by atoms with van der Waals surface area (Å²) in [6, 6.07) is 18.6. The highest BCUT2D eigenvalue weighted by Gasteiger charge is 2.11. The molecule has 126 valence electrons. The van der Waals surface area contributed by atoms with Crippen molar-refractivity contribution in [1.29, 1.82) is 0 Å². The predicted octanol–water partition coefficient (Wildman–Crippen LogP) is 3.95. The fourth-order valence-electron chi connectivity index (χ4n) is 2.41. The molecule has 2 aromatic carbocycles. The van der Waals surface area contributed by atoms with Gasteiger partial charge in [0.2, 0.25) is 0 Å². The van der Waals surface area contributed by atoms with Gasteiger partial charge in [-0.05, 0) is 54.1 Å². The maximum Gasteiger partial charge on any atom is 0.257 e. The molecule has 0 fully saturated rings. The molecule has 25 heavy (non-hydrogen) atoms. The minimum atomic E-state index is -0.164. The topological polar surface area (TPSA) is 63.2 Å². The van der Waals surface area contributed by atoms with Crippen molar-refractivity contribution < 1.29 is 9.53 Å². The number of hydrogen-bond donors (Lipinski definition) is 2. The van der Waals surface area contributed by atoms with Crippen LogP contribution < -0.4 is 15.4 Å². The van der Waals surface area contributed by atoms with Crippen molar-refractivity contribution in [3.05, 3.63) is 84.2 Å². The van der Waals surface area contributed by atoms with E-state index in [1.165, 1.54) is 0 Å². The fourth-order valence-corrected chi connectivity index (χ4v) is 2.41. The molecule has 0 atom stereocenters. The number of hydrogen-bond acceptors (Lipinski definition) is 4. The maximum absolute atomic E-state index is 12.6. The molecule has 0 unspecified atom stereocenters. The molecule has 0 saturated heterocycles. The van der Waals surface area contributed by atoms with Crippen LogP contribution in [0.2, 0.25) is 0 Å². The zero-order valence-electron chi connectivity index (χ0n) is 13.9. The summed E-state index contributed by atoms with van der Waals surface area (Å²) in [5.74, 6) is 0.584. The molecular weight excluding hydrogens is 314 g/mol. The second kappa shape index (κ2) is 7.97. The van der Waals surface area contributed by atoms with E-state index in [4.69, 9.17) is 4.74 Å². The highest BCUT2D eigenvalue weighted by atomic mass is 16.5. The molecule has 0 bridgehead atoms. The van der Waals surface area contributed by atoms with Crippen molar-refractivity contribution in [2.75, 3.05) is 17.7 Å². The molecule has 5 nitrogen and oxygen atoms in total. The molecule has 3 aromatic rings. The van der Waals surface area contributed by atoms with Crippen molar-refractivity contribution in [1.82, 2.24) is 4.98 Å². The molecule has 1 amide bonds. The molecule has 0 aliphatic carbocycles. The zero-order valence-corrected chi connectivity index (χ0v) is 13.9. The van der Waals surface area contributed by atoms with Gasteiger partial charge in [-0.15, -0.1) is 0 Å². The molecule has 0 aliphatic rings. The molecule has 1 aromatic heterocycles. The molecule has 1 heterocycles. The number of nitrogens with zero attached hydrogens (tertiary/aromatic N) is 1. The lowest BCUT2D eigenvalue weighted by atomic mass is 10.1. The molecular formula is C20H19N3O2. The average Bonchev–Trinajstić information content (AvgIpc) is 2.68. The van der Waals surface area contributed by atoms with Gasteiger partial charge in [-0.25, -0.2) is 0 Å². The first-order valence-corrected chi connectivity index (χ1v) is 7.93. The third kappa shape index (κ3) is 4.35. The third-order valence-electron chi connectivity index (χ3n) is 3.75. The Balaban J connectivity index is 1.71. The molecule has 2 N–H and O–H groups in total. The van der Waals surface area contributed by atoms with Gasteiger partial charge in [-0.3, -0.25) is 9.78 Å². The number of para-hydroxylation sites is 1. The van der Waals surface area contributed by atoms with Crippen molar-refractivity contribution in [2.45, 2.75) is 6.54 Å². The molecule has 0 radical (unpaired) electrons. The number of methoxy groups -OCH3 is 1. The van der Waals surface area contributed by atoms with Gasteiger partial charge >= 0.3 is 0 Å². The largest absolute Gasteiger partial charge is 0.497 e.